The van der Waals surface area contributed by atoms with Crippen molar-refractivity contribution in [2.24, 2.45) is 0 Å². The topological polar surface area (TPSA) is 85.4 Å². The molecular weight excluding hydrogens is 299 g/mol. The maximum absolute atomic E-state index is 13.0. The van der Waals surface area contributed by atoms with Gasteiger partial charge in [-0.15, -0.1) is 0 Å². The molecule has 21 heavy (non-hydrogen) atoms. The van der Waals surface area contributed by atoms with Crippen molar-refractivity contribution in [2.75, 3.05) is 11.8 Å². The number of pyridine rings is 1. The second-order valence-corrected chi connectivity index (χ2v) is 5.65. The predicted octanol–water partition coefficient (Wildman–Crippen LogP) is 1.81. The lowest BCUT2D eigenvalue weighted by Crippen LogP contribution is -2.15. The third-order valence-corrected chi connectivity index (χ3v) is 3.87. The standard InChI is InChI=1S/C13H11FN2O4S/c1-20-13(17)9-4-2-5-10(8-9)21(18,19)16-12-7-3-6-11(14)15-12/h2-8H,1H3,(H,15,16). The van der Waals surface area contributed by atoms with Crippen LogP contribution >= 0.6 is 0 Å². The summed E-state index contributed by atoms with van der Waals surface area (Å²) in [5, 5.41) is 0. The maximum atomic E-state index is 13.0. The van der Waals surface area contributed by atoms with E-state index in [1.54, 1.807) is 0 Å². The number of nitrogens with one attached hydrogen (secondary N) is 1. The van der Waals surface area contributed by atoms with Crippen molar-refractivity contribution in [1.82, 2.24) is 4.98 Å². The van der Waals surface area contributed by atoms with Crippen LogP contribution in [-0.4, -0.2) is 26.5 Å². The molecule has 8 heteroatoms. The molecule has 0 aliphatic carbocycles. The first-order valence-corrected chi connectivity index (χ1v) is 7.24. The summed E-state index contributed by atoms with van der Waals surface area (Å²) in [4.78, 5) is 14.6. The van der Waals surface area contributed by atoms with E-state index in [0.717, 1.165) is 12.1 Å². The molecule has 0 saturated heterocycles. The number of rotatable bonds is 4. The Hall–Kier alpha value is -2.48. The first kappa shape index (κ1) is 14.9. The minimum atomic E-state index is -3.98. The molecule has 1 N–H and O–H groups in total. The molecule has 0 saturated carbocycles. The van der Waals surface area contributed by atoms with Crippen molar-refractivity contribution in [3.05, 3.63) is 54.0 Å². The molecule has 1 aromatic carbocycles. The summed E-state index contributed by atoms with van der Waals surface area (Å²) in [6.45, 7) is 0. The lowest BCUT2D eigenvalue weighted by Gasteiger charge is -2.08. The van der Waals surface area contributed by atoms with Gasteiger partial charge < -0.3 is 4.74 Å². The van der Waals surface area contributed by atoms with Crippen LogP contribution in [0.4, 0.5) is 10.2 Å². The Morgan fingerprint density at radius 2 is 1.95 bits per heavy atom. The Bertz CT molecular complexity index is 777. The fraction of sp³-hybridized carbons (Fsp3) is 0.0769. The number of sulfonamides is 1. The SMILES string of the molecule is COC(=O)c1cccc(S(=O)(=O)Nc2cccc(F)n2)c1. The van der Waals surface area contributed by atoms with Crippen molar-refractivity contribution in [2.45, 2.75) is 4.90 Å². The van der Waals surface area contributed by atoms with Crippen molar-refractivity contribution in [3.63, 3.8) is 0 Å². The van der Waals surface area contributed by atoms with E-state index in [0.29, 0.717) is 0 Å². The van der Waals surface area contributed by atoms with Gasteiger partial charge in [0.2, 0.25) is 5.95 Å². The zero-order valence-corrected chi connectivity index (χ0v) is 11.7. The van der Waals surface area contributed by atoms with Gasteiger partial charge in [-0.3, -0.25) is 4.72 Å². The van der Waals surface area contributed by atoms with Crippen molar-refractivity contribution < 1.29 is 22.3 Å². The Labute approximate surface area is 120 Å². The van der Waals surface area contributed by atoms with Gasteiger partial charge in [0, 0.05) is 0 Å². The van der Waals surface area contributed by atoms with Crippen LogP contribution in [0.15, 0.2) is 47.4 Å². The van der Waals surface area contributed by atoms with Crippen LogP contribution in [-0.2, 0) is 14.8 Å². The van der Waals surface area contributed by atoms with Crippen LogP contribution in [0.25, 0.3) is 0 Å². The van der Waals surface area contributed by atoms with Gasteiger partial charge in [0.1, 0.15) is 5.82 Å². The summed E-state index contributed by atoms with van der Waals surface area (Å²) in [6, 6.07) is 9.01. The minimum Gasteiger partial charge on any atom is -0.465 e. The molecule has 0 atom stereocenters. The number of halogens is 1. The molecule has 1 aromatic heterocycles. The summed E-state index contributed by atoms with van der Waals surface area (Å²) < 4.78 is 43.9. The number of carbonyl (C=O) groups excluding carboxylic acids is 1. The number of anilines is 1. The van der Waals surface area contributed by atoms with Crippen LogP contribution in [0.3, 0.4) is 0 Å². The van der Waals surface area contributed by atoms with Gasteiger partial charge in [0.15, 0.2) is 0 Å². The summed E-state index contributed by atoms with van der Waals surface area (Å²) in [5.74, 6) is -1.62. The molecule has 0 spiro atoms. The molecule has 0 radical (unpaired) electrons. The first-order chi connectivity index (χ1) is 9.92. The molecule has 0 unspecified atom stereocenters. The fourth-order valence-electron chi connectivity index (χ4n) is 1.57. The number of benzene rings is 1. The molecule has 1 heterocycles. The largest absolute Gasteiger partial charge is 0.465 e. The van der Waals surface area contributed by atoms with Crippen molar-refractivity contribution >= 4 is 21.8 Å². The molecule has 0 fully saturated rings. The van der Waals surface area contributed by atoms with Crippen LogP contribution < -0.4 is 4.72 Å². The molecule has 0 aliphatic heterocycles. The molecule has 2 aromatic rings. The number of esters is 1. The quantitative estimate of drug-likeness (QED) is 0.687. The average molecular weight is 310 g/mol. The number of hydrogen-bond donors (Lipinski definition) is 1. The monoisotopic (exact) mass is 310 g/mol. The maximum Gasteiger partial charge on any atom is 0.337 e. The molecule has 0 aliphatic rings. The molecule has 0 amide bonds. The average Bonchev–Trinajstić information content (AvgIpc) is 2.46. The number of carbonyl (C=O) groups is 1. The van der Waals surface area contributed by atoms with E-state index in [1.165, 1.54) is 37.4 Å². The van der Waals surface area contributed by atoms with E-state index < -0.39 is 21.9 Å². The van der Waals surface area contributed by atoms with Crippen molar-refractivity contribution in [1.29, 1.82) is 0 Å². The van der Waals surface area contributed by atoms with Gasteiger partial charge in [0.05, 0.1) is 17.6 Å². The minimum absolute atomic E-state index is 0.0903. The van der Waals surface area contributed by atoms with E-state index in [2.05, 4.69) is 14.4 Å². The molecule has 6 nitrogen and oxygen atoms in total. The van der Waals surface area contributed by atoms with E-state index in [4.69, 9.17) is 0 Å². The normalized spacial score (nSPS) is 11.0. The third-order valence-electron chi connectivity index (χ3n) is 2.52. The van der Waals surface area contributed by atoms with Crippen LogP contribution in [0.1, 0.15) is 10.4 Å². The molecule has 110 valence electrons. The summed E-state index contributed by atoms with van der Waals surface area (Å²) in [7, 11) is -2.79. The Morgan fingerprint density at radius 1 is 1.24 bits per heavy atom. The predicted molar refractivity (Wildman–Crippen MR) is 72.8 cm³/mol. The van der Waals surface area contributed by atoms with Crippen molar-refractivity contribution in [3.8, 4) is 0 Å². The lowest BCUT2D eigenvalue weighted by atomic mass is 10.2. The Morgan fingerprint density at radius 3 is 2.62 bits per heavy atom. The number of methoxy groups -OCH3 is 1. The van der Waals surface area contributed by atoms with Gasteiger partial charge in [0.25, 0.3) is 10.0 Å². The second-order valence-electron chi connectivity index (χ2n) is 3.97. The summed E-state index contributed by atoms with van der Waals surface area (Å²) >= 11 is 0. The number of aromatic nitrogens is 1. The highest BCUT2D eigenvalue weighted by Gasteiger charge is 2.17. The lowest BCUT2D eigenvalue weighted by molar-refractivity contribution is 0.0600. The molecule has 2 rings (SSSR count). The number of nitrogens with zero attached hydrogens (tertiary/aromatic N) is 1. The van der Waals surface area contributed by atoms with Gasteiger partial charge in [-0.25, -0.2) is 18.2 Å². The second kappa shape index (κ2) is 5.88. The summed E-state index contributed by atoms with van der Waals surface area (Å²) in [6.07, 6.45) is 0. The highest BCUT2D eigenvalue weighted by Crippen LogP contribution is 2.16. The van der Waals surface area contributed by atoms with Gasteiger partial charge in [-0.2, -0.15) is 4.39 Å². The van der Waals surface area contributed by atoms with E-state index >= 15 is 0 Å². The van der Waals surface area contributed by atoms with Gasteiger partial charge in [-0.05, 0) is 30.3 Å². The zero-order valence-electron chi connectivity index (χ0n) is 10.9. The van der Waals surface area contributed by atoms with Crippen LogP contribution in [0.5, 0.6) is 0 Å². The third kappa shape index (κ3) is 3.54. The smallest absolute Gasteiger partial charge is 0.337 e. The van der Waals surface area contributed by atoms with Crippen LogP contribution in [0.2, 0.25) is 0 Å². The Balaban J connectivity index is 2.33. The van der Waals surface area contributed by atoms with E-state index in [-0.39, 0.29) is 16.3 Å². The molecule has 0 bridgehead atoms. The summed E-state index contributed by atoms with van der Waals surface area (Å²) in [5.41, 5.74) is 0.0903. The first-order valence-electron chi connectivity index (χ1n) is 5.76. The highest BCUT2D eigenvalue weighted by atomic mass is 32.2. The van der Waals surface area contributed by atoms with Gasteiger partial charge in [-0.1, -0.05) is 12.1 Å². The van der Waals surface area contributed by atoms with Gasteiger partial charge >= 0.3 is 5.97 Å². The van der Waals surface area contributed by atoms with Crippen LogP contribution in [0, 0.1) is 5.95 Å². The zero-order chi connectivity index (χ0) is 15.5. The fourth-order valence-corrected chi connectivity index (χ4v) is 2.62. The van der Waals surface area contributed by atoms with E-state index in [9.17, 15) is 17.6 Å². The molecular formula is C13H11FN2O4S. The highest BCUT2D eigenvalue weighted by molar-refractivity contribution is 7.92. The van der Waals surface area contributed by atoms with E-state index in [1.807, 2.05) is 0 Å². The number of ether oxygens (including phenoxy) is 1. The Kier molecular flexibility index (Phi) is 4.18. The number of hydrogen-bond acceptors (Lipinski definition) is 5.